The first-order chi connectivity index (χ1) is 24.2. The van der Waals surface area contributed by atoms with Gasteiger partial charge in [0.1, 0.15) is 17.5 Å². The maximum atomic E-state index is 14.9. The van der Waals surface area contributed by atoms with Crippen LogP contribution in [-0.2, 0) is 16.0 Å². The molecule has 1 aromatic heterocycles. The molecule has 0 aliphatic carbocycles. The molecule has 0 radical (unpaired) electrons. The summed E-state index contributed by atoms with van der Waals surface area (Å²) in [5, 5.41) is 25.0. The number of carbonyl (C=O) groups is 2. The zero-order chi connectivity index (χ0) is 35.6. The first-order valence-corrected chi connectivity index (χ1v) is 18.7. The van der Waals surface area contributed by atoms with Gasteiger partial charge in [-0.2, -0.15) is 5.26 Å². The fraction of sp³-hybridized carbons (Fsp3) is 0.268. The van der Waals surface area contributed by atoms with Crippen LogP contribution >= 0.6 is 6.89 Å². The number of benzene rings is 4. The van der Waals surface area contributed by atoms with Crippen LogP contribution in [0.2, 0.25) is 0 Å². The van der Waals surface area contributed by atoms with Gasteiger partial charge >= 0.3 is 6.09 Å². The molecule has 0 aliphatic heterocycles. The van der Waals surface area contributed by atoms with Crippen LogP contribution in [0.4, 0.5) is 4.79 Å². The summed E-state index contributed by atoms with van der Waals surface area (Å²) in [4.78, 5) is 28.6. The van der Waals surface area contributed by atoms with E-state index in [4.69, 9.17) is 9.15 Å². The maximum Gasteiger partial charge on any atom is 0.408 e. The Kier molecular flexibility index (Phi) is 11.8. The Labute approximate surface area is 294 Å². The molecule has 0 aliphatic rings. The zero-order valence-corrected chi connectivity index (χ0v) is 29.8. The van der Waals surface area contributed by atoms with Crippen molar-refractivity contribution >= 4 is 40.0 Å². The van der Waals surface area contributed by atoms with Crippen molar-refractivity contribution in [2.75, 3.05) is 0 Å². The Hall–Kier alpha value is -5.25. The number of ether oxygens (including phenoxy) is 1. The van der Waals surface area contributed by atoms with E-state index in [0.717, 1.165) is 27.9 Å². The lowest BCUT2D eigenvalue weighted by atomic mass is 9.87. The first-order valence-electron chi connectivity index (χ1n) is 16.9. The monoisotopic (exact) mass is 686 g/mol. The third kappa shape index (κ3) is 8.13. The molecule has 1 heterocycles. The summed E-state index contributed by atoms with van der Waals surface area (Å²) >= 11 is 0. The van der Waals surface area contributed by atoms with Gasteiger partial charge in [0.2, 0.25) is 11.8 Å². The second-order valence-electron chi connectivity index (χ2n) is 13.2. The van der Waals surface area contributed by atoms with Crippen molar-refractivity contribution in [3.8, 4) is 17.5 Å². The van der Waals surface area contributed by atoms with Gasteiger partial charge in [0.25, 0.3) is 0 Å². The van der Waals surface area contributed by atoms with Crippen molar-refractivity contribution < 1.29 is 18.7 Å². The maximum absolute atomic E-state index is 14.9. The minimum absolute atomic E-state index is 0.120. The number of carbonyl (C=O) groups excluding carboxylic acids is 2. The number of hydrogen-bond donors (Lipinski definition) is 1. The van der Waals surface area contributed by atoms with Crippen molar-refractivity contribution in [3.05, 3.63) is 127 Å². The molecule has 0 fully saturated rings. The molecular weight excluding hydrogens is 643 g/mol. The minimum atomic E-state index is -2.99. The van der Waals surface area contributed by atoms with Crippen molar-refractivity contribution in [1.29, 1.82) is 5.26 Å². The molecule has 5 rings (SSSR count). The highest BCUT2D eigenvalue weighted by molar-refractivity contribution is 7.97. The van der Waals surface area contributed by atoms with Crippen molar-refractivity contribution in [2.24, 2.45) is 5.41 Å². The summed E-state index contributed by atoms with van der Waals surface area (Å²) in [5.41, 5.74) is 0.291. The fourth-order valence-corrected chi connectivity index (χ4v) is 10.1. The number of nitrogens with zero attached hydrogens (tertiary/aromatic N) is 3. The number of nitrogens with one attached hydrogen (secondary N) is 1. The quantitative estimate of drug-likeness (QED) is 0.130. The Morgan fingerprint density at radius 2 is 1.32 bits per heavy atom. The van der Waals surface area contributed by atoms with Crippen LogP contribution in [0.25, 0.3) is 11.5 Å². The lowest BCUT2D eigenvalue weighted by Crippen LogP contribution is -2.47. The van der Waals surface area contributed by atoms with Gasteiger partial charge in [-0.25, -0.2) is 4.79 Å². The minimum Gasteiger partial charge on any atom is -0.445 e. The van der Waals surface area contributed by atoms with E-state index in [2.05, 4.69) is 21.6 Å². The van der Waals surface area contributed by atoms with Gasteiger partial charge in [-0.05, 0) is 46.8 Å². The summed E-state index contributed by atoms with van der Waals surface area (Å²) in [6, 6.07) is 40.1. The normalized spacial score (nSPS) is 12.7. The molecule has 2 atom stereocenters. The number of hydrogen-bond acceptors (Lipinski definition) is 7. The van der Waals surface area contributed by atoms with Gasteiger partial charge in [-0.1, -0.05) is 150 Å². The largest absolute Gasteiger partial charge is 0.445 e. The second kappa shape index (κ2) is 16.4. The van der Waals surface area contributed by atoms with Gasteiger partial charge in [-0.15, -0.1) is 10.2 Å². The van der Waals surface area contributed by atoms with E-state index in [9.17, 15) is 14.9 Å². The third-order valence-corrected chi connectivity index (χ3v) is 12.8. The van der Waals surface area contributed by atoms with E-state index < -0.39 is 36.3 Å². The molecule has 4 aromatic carbocycles. The zero-order valence-electron chi connectivity index (χ0n) is 29.0. The van der Waals surface area contributed by atoms with Crippen molar-refractivity contribution in [3.63, 3.8) is 0 Å². The number of Topliss-reactive ketones (excluding diaryl/α,β-unsaturated/α-hetero) is 1. The van der Waals surface area contributed by atoms with Gasteiger partial charge in [0.05, 0.1) is 12.5 Å². The SMILES string of the molecule is CCCC[C@H](NC(=O)O[C@@H](Cc1nnc(-c2ccccc2)o1)C(C)(C)C)C(=O)C(C#N)=P(c1ccccc1)(c1ccccc1)c1ccccc1. The van der Waals surface area contributed by atoms with Gasteiger partial charge < -0.3 is 14.5 Å². The first kappa shape index (κ1) is 36.0. The fourth-order valence-electron chi connectivity index (χ4n) is 5.95. The van der Waals surface area contributed by atoms with E-state index in [-0.39, 0.29) is 11.7 Å². The molecule has 0 unspecified atom stereocenters. The topological polar surface area (TPSA) is 118 Å². The Bertz CT molecular complexity index is 1860. The summed E-state index contributed by atoms with van der Waals surface area (Å²) in [7, 11) is 0. The second-order valence-corrected chi connectivity index (χ2v) is 16.5. The van der Waals surface area contributed by atoms with Crippen molar-refractivity contribution in [1.82, 2.24) is 15.5 Å². The van der Waals surface area contributed by atoms with E-state index in [1.54, 1.807) is 0 Å². The molecule has 50 heavy (non-hydrogen) atoms. The van der Waals surface area contributed by atoms with Gasteiger partial charge in [0, 0.05) is 5.56 Å². The number of alkyl carbamates (subject to hydrolysis) is 1. The molecule has 5 aromatic rings. The molecule has 8 nitrogen and oxygen atoms in total. The third-order valence-electron chi connectivity index (χ3n) is 8.62. The predicted molar refractivity (Wildman–Crippen MR) is 200 cm³/mol. The molecule has 0 saturated carbocycles. The predicted octanol–water partition coefficient (Wildman–Crippen LogP) is 7.24. The molecule has 1 N–H and O–H groups in total. The van der Waals surface area contributed by atoms with E-state index in [0.29, 0.717) is 24.6 Å². The average Bonchev–Trinajstić information content (AvgIpc) is 3.61. The number of aromatic nitrogens is 2. The summed E-state index contributed by atoms with van der Waals surface area (Å²) in [6.07, 6.45) is 0.586. The molecule has 0 spiro atoms. The van der Waals surface area contributed by atoms with Crippen molar-refractivity contribution in [2.45, 2.75) is 65.5 Å². The van der Waals surface area contributed by atoms with Crippen LogP contribution < -0.4 is 21.2 Å². The Balaban J connectivity index is 1.53. The number of amides is 1. The highest BCUT2D eigenvalue weighted by Crippen LogP contribution is 2.46. The lowest BCUT2D eigenvalue weighted by molar-refractivity contribution is -0.114. The summed E-state index contributed by atoms with van der Waals surface area (Å²) in [6.45, 7) is 4.91. The molecule has 0 saturated heterocycles. The van der Waals surface area contributed by atoms with Crippen LogP contribution in [0, 0.1) is 16.7 Å². The molecule has 256 valence electrons. The lowest BCUT2D eigenvalue weighted by Gasteiger charge is -2.32. The number of rotatable bonds is 13. The van der Waals surface area contributed by atoms with E-state index in [1.807, 2.05) is 149 Å². The van der Waals surface area contributed by atoms with Crippen LogP contribution in [0.15, 0.2) is 126 Å². The smallest absolute Gasteiger partial charge is 0.408 e. The van der Waals surface area contributed by atoms with Gasteiger partial charge in [-0.3, -0.25) is 4.79 Å². The van der Waals surface area contributed by atoms with E-state index in [1.165, 1.54) is 0 Å². The number of unbranched alkanes of at least 4 members (excludes halogenated alkanes) is 1. The standard InChI is InChI=1S/C41H43N4O4P/c1-5-6-27-34(43-40(47)48-36(41(2,3)4)28-37-44-45-39(49-37)30-19-11-7-12-20-30)38(46)35(29-42)50(31-21-13-8-14-22-31,32-23-15-9-16-24-32)33-25-17-10-18-26-33/h7-26,34,36H,5-6,27-28H2,1-4H3,(H,43,47)/t34-,36-/m0/s1. The molecule has 1 amide bonds. The summed E-state index contributed by atoms with van der Waals surface area (Å²) < 4.78 is 12.0. The number of ketones is 1. The summed E-state index contributed by atoms with van der Waals surface area (Å²) in [5.74, 6) is 0.294. The van der Waals surface area contributed by atoms with E-state index >= 15 is 0 Å². The van der Waals surface area contributed by atoms with Crippen LogP contribution in [-0.4, -0.2) is 39.5 Å². The molecule has 9 heteroatoms. The molecular formula is C41H43N4O4P. The van der Waals surface area contributed by atoms with Crippen LogP contribution in [0.1, 0.15) is 52.8 Å². The molecule has 0 bridgehead atoms. The average molecular weight is 687 g/mol. The van der Waals surface area contributed by atoms with Crippen LogP contribution in [0.3, 0.4) is 0 Å². The highest BCUT2D eigenvalue weighted by atomic mass is 31.2. The highest BCUT2D eigenvalue weighted by Gasteiger charge is 2.37. The van der Waals surface area contributed by atoms with Crippen LogP contribution in [0.5, 0.6) is 0 Å². The Morgan fingerprint density at radius 1 is 0.820 bits per heavy atom. The Morgan fingerprint density at radius 3 is 1.78 bits per heavy atom. The number of nitriles is 1. The van der Waals surface area contributed by atoms with Gasteiger partial charge in [0.15, 0.2) is 5.78 Å².